The fourth-order valence-electron chi connectivity index (χ4n) is 2.25. The largest absolute Gasteiger partial charge is 0.492 e. The SMILES string of the molecule is NCc1cccc(-c2ccccc2)c1OCC1CC1. The van der Waals surface area contributed by atoms with Crippen molar-refractivity contribution in [3.8, 4) is 16.9 Å². The number of ether oxygens (including phenoxy) is 1. The monoisotopic (exact) mass is 253 g/mol. The smallest absolute Gasteiger partial charge is 0.131 e. The fraction of sp³-hybridized carbons (Fsp3) is 0.294. The van der Waals surface area contributed by atoms with Crippen molar-refractivity contribution in [2.75, 3.05) is 6.61 Å². The van der Waals surface area contributed by atoms with E-state index in [4.69, 9.17) is 10.5 Å². The highest BCUT2D eigenvalue weighted by atomic mass is 16.5. The molecule has 1 aliphatic rings. The number of rotatable bonds is 5. The minimum absolute atomic E-state index is 0.515. The van der Waals surface area contributed by atoms with Gasteiger partial charge in [0.1, 0.15) is 5.75 Å². The molecule has 0 amide bonds. The molecule has 2 N–H and O–H groups in total. The molecule has 0 aromatic heterocycles. The molecule has 1 aliphatic carbocycles. The molecule has 2 aromatic carbocycles. The molecular formula is C17H19NO. The molecule has 2 nitrogen and oxygen atoms in total. The van der Waals surface area contributed by atoms with Crippen molar-refractivity contribution in [1.29, 1.82) is 0 Å². The Hall–Kier alpha value is -1.80. The Bertz CT molecular complexity index is 546. The van der Waals surface area contributed by atoms with Crippen molar-refractivity contribution in [3.63, 3.8) is 0 Å². The third kappa shape index (κ3) is 2.79. The lowest BCUT2D eigenvalue weighted by molar-refractivity contribution is 0.298. The molecule has 0 radical (unpaired) electrons. The van der Waals surface area contributed by atoms with E-state index in [2.05, 4.69) is 42.5 Å². The molecule has 0 saturated heterocycles. The number of benzene rings is 2. The Morgan fingerprint density at radius 2 is 1.79 bits per heavy atom. The van der Waals surface area contributed by atoms with Gasteiger partial charge in [0.05, 0.1) is 6.61 Å². The minimum atomic E-state index is 0.515. The van der Waals surface area contributed by atoms with Crippen molar-refractivity contribution >= 4 is 0 Å². The van der Waals surface area contributed by atoms with Crippen molar-refractivity contribution < 1.29 is 4.74 Å². The van der Waals surface area contributed by atoms with Crippen LogP contribution >= 0.6 is 0 Å². The summed E-state index contributed by atoms with van der Waals surface area (Å²) in [4.78, 5) is 0. The van der Waals surface area contributed by atoms with Crippen LogP contribution in [0.15, 0.2) is 48.5 Å². The topological polar surface area (TPSA) is 35.2 Å². The highest BCUT2D eigenvalue weighted by molar-refractivity contribution is 5.72. The Morgan fingerprint density at radius 3 is 2.47 bits per heavy atom. The van der Waals surface area contributed by atoms with Gasteiger partial charge in [-0.1, -0.05) is 48.5 Å². The fourth-order valence-corrected chi connectivity index (χ4v) is 2.25. The van der Waals surface area contributed by atoms with Crippen molar-refractivity contribution in [3.05, 3.63) is 54.1 Å². The van der Waals surface area contributed by atoms with Crippen LogP contribution in [0.2, 0.25) is 0 Å². The lowest BCUT2D eigenvalue weighted by atomic mass is 10.0. The van der Waals surface area contributed by atoms with Crippen LogP contribution in [0, 0.1) is 5.92 Å². The van der Waals surface area contributed by atoms with Gasteiger partial charge in [-0.05, 0) is 24.3 Å². The highest BCUT2D eigenvalue weighted by Gasteiger charge is 2.23. The van der Waals surface area contributed by atoms with Crippen LogP contribution in [0.3, 0.4) is 0 Å². The van der Waals surface area contributed by atoms with Gasteiger partial charge in [-0.15, -0.1) is 0 Å². The van der Waals surface area contributed by atoms with E-state index in [1.807, 2.05) is 6.07 Å². The molecule has 0 aliphatic heterocycles. The number of hydrogen-bond acceptors (Lipinski definition) is 2. The summed E-state index contributed by atoms with van der Waals surface area (Å²) in [6.07, 6.45) is 2.59. The van der Waals surface area contributed by atoms with E-state index >= 15 is 0 Å². The second kappa shape index (κ2) is 5.45. The summed E-state index contributed by atoms with van der Waals surface area (Å²) in [5, 5.41) is 0. The van der Waals surface area contributed by atoms with E-state index in [1.165, 1.54) is 18.4 Å². The summed E-state index contributed by atoms with van der Waals surface area (Å²) < 4.78 is 6.06. The Kier molecular flexibility index (Phi) is 3.51. The molecule has 0 spiro atoms. The predicted octanol–water partition coefficient (Wildman–Crippen LogP) is 3.60. The molecule has 0 bridgehead atoms. The van der Waals surface area contributed by atoms with Crippen LogP contribution in [-0.4, -0.2) is 6.61 Å². The first-order chi connectivity index (χ1) is 9.38. The maximum absolute atomic E-state index is 6.06. The lowest BCUT2D eigenvalue weighted by Gasteiger charge is -2.15. The van der Waals surface area contributed by atoms with Crippen LogP contribution in [0.4, 0.5) is 0 Å². The van der Waals surface area contributed by atoms with Gasteiger partial charge in [0.2, 0.25) is 0 Å². The third-order valence-corrected chi connectivity index (χ3v) is 3.56. The van der Waals surface area contributed by atoms with Crippen LogP contribution in [0.1, 0.15) is 18.4 Å². The normalized spacial score (nSPS) is 14.4. The second-order valence-electron chi connectivity index (χ2n) is 5.12. The van der Waals surface area contributed by atoms with E-state index < -0.39 is 0 Å². The quantitative estimate of drug-likeness (QED) is 0.883. The molecule has 0 heterocycles. The zero-order valence-corrected chi connectivity index (χ0v) is 11.0. The first-order valence-electron chi connectivity index (χ1n) is 6.88. The summed E-state index contributed by atoms with van der Waals surface area (Å²) in [6, 6.07) is 16.6. The molecular weight excluding hydrogens is 234 g/mol. The Balaban J connectivity index is 1.96. The van der Waals surface area contributed by atoms with Crippen molar-refractivity contribution in [2.45, 2.75) is 19.4 Å². The van der Waals surface area contributed by atoms with Gasteiger partial charge in [0.15, 0.2) is 0 Å². The van der Waals surface area contributed by atoms with Gasteiger partial charge >= 0.3 is 0 Å². The lowest BCUT2D eigenvalue weighted by Crippen LogP contribution is -2.06. The van der Waals surface area contributed by atoms with Gasteiger partial charge in [-0.2, -0.15) is 0 Å². The Morgan fingerprint density at radius 1 is 1.00 bits per heavy atom. The summed E-state index contributed by atoms with van der Waals surface area (Å²) >= 11 is 0. The van der Waals surface area contributed by atoms with Crippen LogP contribution in [-0.2, 0) is 6.54 Å². The summed E-state index contributed by atoms with van der Waals surface area (Å²) in [5.74, 6) is 1.71. The van der Waals surface area contributed by atoms with Gasteiger partial charge in [0.25, 0.3) is 0 Å². The predicted molar refractivity (Wildman–Crippen MR) is 78.0 cm³/mol. The van der Waals surface area contributed by atoms with Gasteiger partial charge < -0.3 is 10.5 Å². The van der Waals surface area contributed by atoms with E-state index in [1.54, 1.807) is 0 Å². The molecule has 3 rings (SSSR count). The molecule has 1 fully saturated rings. The summed E-state index contributed by atoms with van der Waals surface area (Å²) in [7, 11) is 0. The van der Waals surface area contributed by atoms with E-state index in [-0.39, 0.29) is 0 Å². The highest BCUT2D eigenvalue weighted by Crippen LogP contribution is 2.36. The molecule has 1 saturated carbocycles. The number of hydrogen-bond donors (Lipinski definition) is 1. The van der Waals surface area contributed by atoms with Gasteiger partial charge in [-0.25, -0.2) is 0 Å². The molecule has 2 aromatic rings. The van der Waals surface area contributed by atoms with Gasteiger partial charge in [0, 0.05) is 17.7 Å². The maximum atomic E-state index is 6.06. The number of nitrogens with two attached hydrogens (primary N) is 1. The first kappa shape index (κ1) is 12.2. The Labute approximate surface area is 114 Å². The molecule has 19 heavy (non-hydrogen) atoms. The van der Waals surface area contributed by atoms with Crippen LogP contribution in [0.25, 0.3) is 11.1 Å². The van der Waals surface area contributed by atoms with E-state index in [9.17, 15) is 0 Å². The van der Waals surface area contributed by atoms with Crippen molar-refractivity contribution in [1.82, 2.24) is 0 Å². The maximum Gasteiger partial charge on any atom is 0.131 e. The average Bonchev–Trinajstić information content (AvgIpc) is 3.30. The van der Waals surface area contributed by atoms with Crippen LogP contribution in [0.5, 0.6) is 5.75 Å². The molecule has 98 valence electrons. The zero-order chi connectivity index (χ0) is 13.1. The second-order valence-corrected chi connectivity index (χ2v) is 5.12. The first-order valence-corrected chi connectivity index (χ1v) is 6.88. The summed E-state index contributed by atoms with van der Waals surface area (Å²) in [5.41, 5.74) is 9.25. The zero-order valence-electron chi connectivity index (χ0n) is 11.0. The molecule has 2 heteroatoms. The van der Waals surface area contributed by atoms with Crippen LogP contribution < -0.4 is 10.5 Å². The average molecular weight is 253 g/mol. The number of para-hydroxylation sites is 1. The summed E-state index contributed by atoms with van der Waals surface area (Å²) in [6.45, 7) is 1.33. The van der Waals surface area contributed by atoms with E-state index in [0.29, 0.717) is 6.54 Å². The van der Waals surface area contributed by atoms with E-state index in [0.717, 1.165) is 29.4 Å². The third-order valence-electron chi connectivity index (χ3n) is 3.56. The molecule has 0 atom stereocenters. The van der Waals surface area contributed by atoms with Crippen molar-refractivity contribution in [2.24, 2.45) is 11.7 Å². The molecule has 0 unspecified atom stereocenters. The minimum Gasteiger partial charge on any atom is -0.492 e. The standard InChI is InChI=1S/C17H19NO/c18-11-15-7-4-8-16(14-5-2-1-3-6-14)17(15)19-12-13-9-10-13/h1-8,13H,9-12,18H2. The van der Waals surface area contributed by atoms with Gasteiger partial charge in [-0.3, -0.25) is 0 Å².